The summed E-state index contributed by atoms with van der Waals surface area (Å²) in [7, 11) is -3.70. The number of benzene rings is 2. The Kier molecular flexibility index (Phi) is 4.97. The third-order valence-electron chi connectivity index (χ3n) is 4.47. The first-order valence-corrected chi connectivity index (χ1v) is 9.64. The zero-order valence-electron chi connectivity index (χ0n) is 14.4. The van der Waals surface area contributed by atoms with Gasteiger partial charge in [-0.15, -0.1) is 0 Å². The minimum atomic E-state index is -3.70. The second kappa shape index (κ2) is 7.05. The van der Waals surface area contributed by atoms with E-state index in [1.165, 1.54) is 16.4 Å². The van der Waals surface area contributed by atoms with Crippen molar-refractivity contribution in [3.8, 4) is 0 Å². The normalized spacial score (nSPS) is 15.8. The second-order valence-corrected chi connectivity index (χ2v) is 8.16. The summed E-state index contributed by atoms with van der Waals surface area (Å²) in [6, 6.07) is 9.90. The van der Waals surface area contributed by atoms with E-state index in [0.717, 1.165) is 17.7 Å². The first kappa shape index (κ1) is 18.3. The van der Waals surface area contributed by atoms with E-state index in [-0.39, 0.29) is 37.0 Å². The summed E-state index contributed by atoms with van der Waals surface area (Å²) < 4.78 is 39.6. The van der Waals surface area contributed by atoms with Crippen molar-refractivity contribution in [3.63, 3.8) is 0 Å². The molecule has 0 unspecified atom stereocenters. The molecule has 0 aromatic heterocycles. The molecule has 2 aromatic carbocycles. The van der Waals surface area contributed by atoms with Gasteiger partial charge in [0, 0.05) is 37.4 Å². The maximum atomic E-state index is 13.0. The topological polar surface area (TPSA) is 83.7 Å². The van der Waals surface area contributed by atoms with Crippen LogP contribution in [0.3, 0.4) is 0 Å². The van der Waals surface area contributed by atoms with Crippen molar-refractivity contribution >= 4 is 21.6 Å². The fraction of sp³-hybridized carbons (Fsp3) is 0.278. The van der Waals surface area contributed by atoms with E-state index in [1.54, 1.807) is 23.1 Å². The molecule has 0 radical (unpaired) electrons. The maximum absolute atomic E-state index is 13.0. The number of aryl methyl sites for hydroxylation is 1. The zero-order valence-corrected chi connectivity index (χ0v) is 15.2. The van der Waals surface area contributed by atoms with E-state index in [4.69, 9.17) is 5.73 Å². The SMILES string of the molecule is Cc1ccc(N)cc1C(=O)N1CCN(S(=O)(=O)c2ccc(F)cc2)CC1. The highest BCUT2D eigenvalue weighted by atomic mass is 32.2. The van der Waals surface area contributed by atoms with Crippen LogP contribution in [-0.4, -0.2) is 49.7 Å². The molecule has 0 saturated carbocycles. The molecule has 1 heterocycles. The van der Waals surface area contributed by atoms with E-state index >= 15 is 0 Å². The van der Waals surface area contributed by atoms with Crippen LogP contribution in [0.5, 0.6) is 0 Å². The van der Waals surface area contributed by atoms with Gasteiger partial charge in [-0.25, -0.2) is 12.8 Å². The molecule has 1 fully saturated rings. The highest BCUT2D eigenvalue weighted by Gasteiger charge is 2.30. The van der Waals surface area contributed by atoms with Gasteiger partial charge in [-0.3, -0.25) is 4.79 Å². The highest BCUT2D eigenvalue weighted by molar-refractivity contribution is 7.89. The smallest absolute Gasteiger partial charge is 0.254 e. The molecule has 0 bridgehead atoms. The summed E-state index contributed by atoms with van der Waals surface area (Å²) in [5.74, 6) is -0.648. The van der Waals surface area contributed by atoms with Crippen LogP contribution in [0, 0.1) is 12.7 Å². The van der Waals surface area contributed by atoms with Gasteiger partial charge < -0.3 is 10.6 Å². The Morgan fingerprint density at radius 1 is 1.04 bits per heavy atom. The monoisotopic (exact) mass is 377 g/mol. The van der Waals surface area contributed by atoms with Gasteiger partial charge in [0.05, 0.1) is 4.90 Å². The van der Waals surface area contributed by atoms with Crippen LogP contribution in [0.15, 0.2) is 47.4 Å². The molecule has 0 aliphatic carbocycles. The number of anilines is 1. The van der Waals surface area contributed by atoms with E-state index in [9.17, 15) is 17.6 Å². The quantitative estimate of drug-likeness (QED) is 0.828. The lowest BCUT2D eigenvalue weighted by Gasteiger charge is -2.34. The van der Waals surface area contributed by atoms with Crippen molar-refractivity contribution in [1.82, 2.24) is 9.21 Å². The summed E-state index contributed by atoms with van der Waals surface area (Å²) in [6.07, 6.45) is 0. The van der Waals surface area contributed by atoms with Crippen LogP contribution in [0.1, 0.15) is 15.9 Å². The predicted molar refractivity (Wildman–Crippen MR) is 96.7 cm³/mol. The van der Waals surface area contributed by atoms with Gasteiger partial charge in [-0.1, -0.05) is 6.07 Å². The lowest BCUT2D eigenvalue weighted by atomic mass is 10.1. The third-order valence-corrected chi connectivity index (χ3v) is 6.38. The van der Waals surface area contributed by atoms with Gasteiger partial charge in [-0.05, 0) is 48.9 Å². The van der Waals surface area contributed by atoms with Crippen LogP contribution in [0.25, 0.3) is 0 Å². The zero-order chi connectivity index (χ0) is 18.9. The number of carbonyl (C=O) groups excluding carboxylic acids is 1. The first-order valence-electron chi connectivity index (χ1n) is 8.20. The number of sulfonamides is 1. The Balaban J connectivity index is 1.71. The lowest BCUT2D eigenvalue weighted by molar-refractivity contribution is 0.0697. The van der Waals surface area contributed by atoms with Crippen molar-refractivity contribution in [2.45, 2.75) is 11.8 Å². The van der Waals surface area contributed by atoms with Crippen molar-refractivity contribution in [1.29, 1.82) is 0 Å². The van der Waals surface area contributed by atoms with E-state index in [2.05, 4.69) is 0 Å². The Labute approximate surface area is 152 Å². The minimum absolute atomic E-state index is 0.0466. The van der Waals surface area contributed by atoms with Crippen LogP contribution in [0.4, 0.5) is 10.1 Å². The van der Waals surface area contributed by atoms with Gasteiger partial charge in [0.2, 0.25) is 10.0 Å². The average Bonchev–Trinajstić information content (AvgIpc) is 2.63. The van der Waals surface area contributed by atoms with Crippen molar-refractivity contribution in [2.24, 2.45) is 0 Å². The van der Waals surface area contributed by atoms with Gasteiger partial charge in [0.25, 0.3) is 5.91 Å². The van der Waals surface area contributed by atoms with Gasteiger partial charge >= 0.3 is 0 Å². The molecule has 1 aliphatic rings. The van der Waals surface area contributed by atoms with Crippen molar-refractivity contribution in [3.05, 3.63) is 59.4 Å². The summed E-state index contributed by atoms with van der Waals surface area (Å²) in [4.78, 5) is 14.4. The number of amides is 1. The molecule has 1 amide bonds. The van der Waals surface area contributed by atoms with Gasteiger partial charge in [0.15, 0.2) is 0 Å². The summed E-state index contributed by atoms with van der Waals surface area (Å²) >= 11 is 0. The molecule has 6 nitrogen and oxygen atoms in total. The second-order valence-electron chi connectivity index (χ2n) is 6.22. The molecule has 2 aromatic rings. The van der Waals surface area contributed by atoms with Crippen molar-refractivity contribution in [2.75, 3.05) is 31.9 Å². The molecule has 26 heavy (non-hydrogen) atoms. The van der Waals surface area contributed by atoms with Crippen LogP contribution in [-0.2, 0) is 10.0 Å². The van der Waals surface area contributed by atoms with Crippen LogP contribution >= 0.6 is 0 Å². The number of hydrogen-bond donors (Lipinski definition) is 1. The van der Waals surface area contributed by atoms with Crippen LogP contribution < -0.4 is 5.73 Å². The highest BCUT2D eigenvalue weighted by Crippen LogP contribution is 2.20. The summed E-state index contributed by atoms with van der Waals surface area (Å²) in [5, 5.41) is 0. The number of rotatable bonds is 3. The molecule has 2 N–H and O–H groups in total. The number of piperazine rings is 1. The summed E-state index contributed by atoms with van der Waals surface area (Å²) in [5.41, 5.74) is 7.63. The molecule has 0 atom stereocenters. The summed E-state index contributed by atoms with van der Waals surface area (Å²) in [6.45, 7) is 2.78. The molecular weight excluding hydrogens is 357 g/mol. The Morgan fingerprint density at radius 2 is 1.65 bits per heavy atom. The van der Waals surface area contributed by atoms with Gasteiger partial charge in [0.1, 0.15) is 5.82 Å². The number of halogens is 1. The Hall–Kier alpha value is -2.45. The number of hydrogen-bond acceptors (Lipinski definition) is 4. The predicted octanol–water partition coefficient (Wildman–Crippen LogP) is 1.86. The number of nitrogen functional groups attached to an aromatic ring is 1. The lowest BCUT2D eigenvalue weighted by Crippen LogP contribution is -2.50. The molecular formula is C18H20FN3O3S. The third kappa shape index (κ3) is 3.56. The number of nitrogens with two attached hydrogens (primary N) is 1. The van der Waals surface area contributed by atoms with E-state index in [1.807, 2.05) is 6.92 Å². The van der Waals surface area contributed by atoms with Gasteiger partial charge in [-0.2, -0.15) is 4.31 Å². The Morgan fingerprint density at radius 3 is 2.27 bits per heavy atom. The molecule has 138 valence electrons. The number of nitrogens with zero attached hydrogens (tertiary/aromatic N) is 2. The van der Waals surface area contributed by atoms with E-state index in [0.29, 0.717) is 11.3 Å². The van der Waals surface area contributed by atoms with E-state index < -0.39 is 15.8 Å². The molecule has 0 spiro atoms. The molecule has 3 rings (SSSR count). The molecule has 1 aliphatic heterocycles. The Bertz CT molecular complexity index is 921. The number of carbonyl (C=O) groups is 1. The standard InChI is InChI=1S/C18H20FN3O3S/c1-13-2-5-15(20)12-17(13)18(23)21-8-10-22(11-9-21)26(24,25)16-6-3-14(19)4-7-16/h2-7,12H,8-11,20H2,1H3. The van der Waals surface area contributed by atoms with Crippen molar-refractivity contribution < 1.29 is 17.6 Å². The largest absolute Gasteiger partial charge is 0.399 e. The fourth-order valence-corrected chi connectivity index (χ4v) is 4.35. The fourth-order valence-electron chi connectivity index (χ4n) is 2.93. The first-order chi connectivity index (χ1) is 12.3. The minimum Gasteiger partial charge on any atom is -0.399 e. The van der Waals surface area contributed by atoms with Crippen LogP contribution in [0.2, 0.25) is 0 Å². The molecule has 8 heteroatoms. The maximum Gasteiger partial charge on any atom is 0.254 e. The average molecular weight is 377 g/mol. The molecule has 1 saturated heterocycles.